The standard InChI is InChI=1S/C20H17ClN2O3S/c1-11-8-9-14(10-16(11)21)23-18(25)12(2)27-20(23)15-6-4-5-7-17(15)22(13(3)24)19(20)26/h4-10,12H,1-3H3. The molecule has 7 heteroatoms. The number of halogens is 1. The lowest BCUT2D eigenvalue weighted by Crippen LogP contribution is -2.50. The number of imide groups is 1. The van der Waals surface area contributed by atoms with E-state index in [1.807, 2.05) is 19.1 Å². The summed E-state index contributed by atoms with van der Waals surface area (Å²) in [4.78, 5) is 40.2. The van der Waals surface area contributed by atoms with Gasteiger partial charge in [-0.3, -0.25) is 19.3 Å². The van der Waals surface area contributed by atoms with E-state index in [1.165, 1.54) is 23.6 Å². The lowest BCUT2D eigenvalue weighted by molar-refractivity contribution is -0.128. The third kappa shape index (κ3) is 2.36. The van der Waals surface area contributed by atoms with E-state index in [4.69, 9.17) is 11.6 Å². The van der Waals surface area contributed by atoms with Crippen LogP contribution in [0.15, 0.2) is 42.5 Å². The van der Waals surface area contributed by atoms with Crippen LogP contribution in [0.1, 0.15) is 25.0 Å². The maximum Gasteiger partial charge on any atom is 0.275 e. The lowest BCUT2D eigenvalue weighted by atomic mass is 10.0. The lowest BCUT2D eigenvalue weighted by Gasteiger charge is -2.33. The number of para-hydroxylation sites is 1. The fourth-order valence-corrected chi connectivity index (χ4v) is 5.38. The molecule has 3 amide bonds. The Hall–Kier alpha value is -2.31. The van der Waals surface area contributed by atoms with Crippen molar-refractivity contribution < 1.29 is 14.4 Å². The molecule has 2 aromatic rings. The Bertz CT molecular complexity index is 1010. The van der Waals surface area contributed by atoms with Gasteiger partial charge in [-0.25, -0.2) is 4.90 Å². The van der Waals surface area contributed by atoms with Crippen molar-refractivity contribution in [3.8, 4) is 0 Å². The number of carbonyl (C=O) groups excluding carboxylic acids is 3. The first-order valence-electron chi connectivity index (χ1n) is 8.51. The zero-order valence-corrected chi connectivity index (χ0v) is 16.6. The minimum atomic E-state index is -1.31. The molecule has 138 valence electrons. The Balaban J connectivity index is 1.99. The van der Waals surface area contributed by atoms with Crippen LogP contribution in [0.2, 0.25) is 5.02 Å². The maximum absolute atomic E-state index is 13.5. The summed E-state index contributed by atoms with van der Waals surface area (Å²) in [6.45, 7) is 5.00. The smallest absolute Gasteiger partial charge is 0.275 e. The Labute approximate surface area is 166 Å². The van der Waals surface area contributed by atoms with Gasteiger partial charge in [0.15, 0.2) is 0 Å². The van der Waals surface area contributed by atoms with Gasteiger partial charge in [-0.05, 0) is 37.6 Å². The van der Waals surface area contributed by atoms with Gasteiger partial charge in [-0.15, -0.1) is 11.8 Å². The molecular weight excluding hydrogens is 384 g/mol. The normalized spacial score (nSPS) is 24.1. The molecule has 0 radical (unpaired) electrons. The number of benzene rings is 2. The van der Waals surface area contributed by atoms with Gasteiger partial charge >= 0.3 is 0 Å². The summed E-state index contributed by atoms with van der Waals surface area (Å²) in [6, 6.07) is 12.4. The Morgan fingerprint density at radius 1 is 1.19 bits per heavy atom. The van der Waals surface area contributed by atoms with E-state index in [2.05, 4.69) is 0 Å². The third-order valence-electron chi connectivity index (χ3n) is 4.96. The van der Waals surface area contributed by atoms with Gasteiger partial charge in [0.05, 0.1) is 10.9 Å². The van der Waals surface area contributed by atoms with Crippen LogP contribution in [0.3, 0.4) is 0 Å². The summed E-state index contributed by atoms with van der Waals surface area (Å²) in [7, 11) is 0. The van der Waals surface area contributed by atoms with E-state index >= 15 is 0 Å². The highest BCUT2D eigenvalue weighted by Crippen LogP contribution is 2.57. The highest BCUT2D eigenvalue weighted by molar-refractivity contribution is 8.03. The van der Waals surface area contributed by atoms with E-state index in [0.29, 0.717) is 22.0 Å². The van der Waals surface area contributed by atoms with Crippen molar-refractivity contribution in [2.45, 2.75) is 30.9 Å². The number of anilines is 2. The predicted molar refractivity (Wildman–Crippen MR) is 107 cm³/mol. The van der Waals surface area contributed by atoms with Crippen LogP contribution >= 0.6 is 23.4 Å². The second kappa shape index (κ2) is 6.11. The van der Waals surface area contributed by atoms with Gasteiger partial charge in [0.1, 0.15) is 0 Å². The number of fused-ring (bicyclic) bond motifs is 2. The van der Waals surface area contributed by atoms with Crippen LogP contribution in [0, 0.1) is 6.92 Å². The summed E-state index contributed by atoms with van der Waals surface area (Å²) in [5, 5.41) is 0.0798. The molecule has 2 aliphatic rings. The minimum Gasteiger partial charge on any atom is -0.283 e. The number of amides is 3. The van der Waals surface area contributed by atoms with E-state index in [9.17, 15) is 14.4 Å². The molecule has 2 aliphatic heterocycles. The summed E-state index contributed by atoms with van der Waals surface area (Å²) >= 11 is 7.55. The molecule has 2 aromatic carbocycles. The van der Waals surface area contributed by atoms with Crippen molar-refractivity contribution >= 4 is 52.5 Å². The highest BCUT2D eigenvalue weighted by Gasteiger charge is 2.63. The Kier molecular flexibility index (Phi) is 4.09. The predicted octanol–water partition coefficient (Wildman–Crippen LogP) is 3.86. The summed E-state index contributed by atoms with van der Waals surface area (Å²) in [6.07, 6.45) is 0. The Morgan fingerprint density at radius 2 is 1.89 bits per heavy atom. The molecule has 27 heavy (non-hydrogen) atoms. The molecule has 0 bridgehead atoms. The third-order valence-corrected chi connectivity index (χ3v) is 6.84. The number of hydrogen-bond acceptors (Lipinski definition) is 4. The molecule has 1 fully saturated rings. The summed E-state index contributed by atoms with van der Waals surface area (Å²) in [5.74, 6) is -0.983. The van der Waals surface area contributed by atoms with E-state index < -0.39 is 16.0 Å². The van der Waals surface area contributed by atoms with Gasteiger partial charge in [-0.1, -0.05) is 35.9 Å². The molecule has 2 unspecified atom stereocenters. The number of aryl methyl sites for hydroxylation is 1. The van der Waals surface area contributed by atoms with Crippen LogP contribution < -0.4 is 9.80 Å². The average Bonchev–Trinajstić information content (AvgIpc) is 3.03. The quantitative estimate of drug-likeness (QED) is 0.729. The van der Waals surface area contributed by atoms with E-state index in [1.54, 1.807) is 37.3 Å². The van der Waals surface area contributed by atoms with E-state index in [0.717, 1.165) is 10.5 Å². The van der Waals surface area contributed by atoms with E-state index in [-0.39, 0.29) is 11.8 Å². The van der Waals surface area contributed by atoms with Gasteiger partial charge in [0.2, 0.25) is 16.7 Å². The molecule has 1 spiro atoms. The number of nitrogens with zero attached hydrogens (tertiary/aromatic N) is 2. The van der Waals surface area contributed by atoms with Crippen molar-refractivity contribution in [1.82, 2.24) is 0 Å². The Morgan fingerprint density at radius 3 is 2.56 bits per heavy atom. The molecule has 5 nitrogen and oxygen atoms in total. The molecule has 2 atom stereocenters. The number of hydrogen-bond donors (Lipinski definition) is 0. The number of thioether (sulfide) groups is 1. The monoisotopic (exact) mass is 400 g/mol. The van der Waals surface area contributed by atoms with Crippen molar-refractivity contribution in [1.29, 1.82) is 0 Å². The fourth-order valence-electron chi connectivity index (χ4n) is 3.70. The average molecular weight is 401 g/mol. The highest BCUT2D eigenvalue weighted by atomic mass is 35.5. The molecular formula is C20H17ClN2O3S. The fraction of sp³-hybridized carbons (Fsp3) is 0.250. The van der Waals surface area contributed by atoms with Crippen LogP contribution in [0.25, 0.3) is 0 Å². The van der Waals surface area contributed by atoms with Crippen LogP contribution in [0.5, 0.6) is 0 Å². The number of rotatable bonds is 1. The summed E-state index contributed by atoms with van der Waals surface area (Å²) < 4.78 is 0. The molecule has 4 rings (SSSR count). The largest absolute Gasteiger partial charge is 0.283 e. The van der Waals surface area contributed by atoms with Crippen molar-refractivity contribution in [3.05, 3.63) is 58.6 Å². The van der Waals surface area contributed by atoms with Crippen molar-refractivity contribution in [2.75, 3.05) is 9.80 Å². The van der Waals surface area contributed by atoms with Crippen LogP contribution in [-0.4, -0.2) is 23.0 Å². The molecule has 0 aromatic heterocycles. The first-order chi connectivity index (χ1) is 12.8. The topological polar surface area (TPSA) is 57.7 Å². The number of carbonyl (C=O) groups is 3. The van der Waals surface area contributed by atoms with Gasteiger partial charge in [0, 0.05) is 23.2 Å². The second-order valence-corrected chi connectivity index (χ2v) is 8.63. The molecule has 2 heterocycles. The first kappa shape index (κ1) is 18.1. The molecule has 1 saturated heterocycles. The van der Waals surface area contributed by atoms with Gasteiger partial charge in [-0.2, -0.15) is 0 Å². The van der Waals surface area contributed by atoms with Crippen LogP contribution in [-0.2, 0) is 19.3 Å². The zero-order chi connectivity index (χ0) is 19.5. The first-order valence-corrected chi connectivity index (χ1v) is 9.77. The molecule has 0 N–H and O–H groups in total. The van der Waals surface area contributed by atoms with Gasteiger partial charge < -0.3 is 0 Å². The van der Waals surface area contributed by atoms with Crippen LogP contribution in [0.4, 0.5) is 11.4 Å². The minimum absolute atomic E-state index is 0.187. The summed E-state index contributed by atoms with van der Waals surface area (Å²) in [5.41, 5.74) is 2.59. The molecule has 0 aliphatic carbocycles. The second-order valence-electron chi connectivity index (χ2n) is 6.69. The van der Waals surface area contributed by atoms with Crippen molar-refractivity contribution in [3.63, 3.8) is 0 Å². The maximum atomic E-state index is 13.5. The molecule has 0 saturated carbocycles. The van der Waals surface area contributed by atoms with Crippen molar-refractivity contribution in [2.24, 2.45) is 0 Å². The zero-order valence-electron chi connectivity index (χ0n) is 15.0. The SMILES string of the molecule is CC(=O)N1C(=O)C2(SC(C)C(=O)N2c2ccc(C)c(Cl)c2)c2ccccc21. The van der Waals surface area contributed by atoms with Gasteiger partial charge in [0.25, 0.3) is 5.91 Å².